The molecule has 0 spiro atoms. The Hall–Kier alpha value is -2.47. The first-order valence-electron chi connectivity index (χ1n) is 6.69. The number of hydrogen-bond donors (Lipinski definition) is 1. The molecule has 0 aliphatic carbocycles. The van der Waals surface area contributed by atoms with Crippen molar-refractivity contribution < 1.29 is 18.7 Å². The van der Waals surface area contributed by atoms with Crippen molar-refractivity contribution in [3.8, 4) is 0 Å². The van der Waals surface area contributed by atoms with Gasteiger partial charge >= 0.3 is 5.97 Å². The Balaban J connectivity index is 1.81. The highest BCUT2D eigenvalue weighted by molar-refractivity contribution is 9.10. The maximum absolute atomic E-state index is 13.0. The molecule has 23 heavy (non-hydrogen) atoms. The zero-order valence-electron chi connectivity index (χ0n) is 12.0. The Morgan fingerprint density at radius 2 is 1.96 bits per heavy atom. The second-order valence-corrected chi connectivity index (χ2v) is 5.47. The summed E-state index contributed by atoms with van der Waals surface area (Å²) in [6, 6.07) is 12.8. The summed E-state index contributed by atoms with van der Waals surface area (Å²) in [6.45, 7) is -0.446. The SMILES string of the molecule is O=C(COC(=O)/C=C/c1cccc(Br)c1)Nc1cccc(F)c1. The number of halogens is 2. The molecule has 1 N–H and O–H groups in total. The van der Waals surface area contributed by atoms with E-state index in [2.05, 4.69) is 21.2 Å². The summed E-state index contributed by atoms with van der Waals surface area (Å²) in [5, 5.41) is 2.43. The van der Waals surface area contributed by atoms with E-state index in [1.54, 1.807) is 6.08 Å². The van der Waals surface area contributed by atoms with E-state index >= 15 is 0 Å². The molecule has 0 heterocycles. The molecule has 0 fully saturated rings. The number of hydrogen-bond acceptors (Lipinski definition) is 3. The number of amides is 1. The third kappa shape index (κ3) is 6.04. The molecule has 2 rings (SSSR count). The minimum Gasteiger partial charge on any atom is -0.452 e. The van der Waals surface area contributed by atoms with Crippen molar-refractivity contribution in [2.45, 2.75) is 0 Å². The smallest absolute Gasteiger partial charge is 0.331 e. The van der Waals surface area contributed by atoms with Crippen LogP contribution in [0.4, 0.5) is 10.1 Å². The summed E-state index contributed by atoms with van der Waals surface area (Å²) in [6.07, 6.45) is 2.81. The topological polar surface area (TPSA) is 55.4 Å². The summed E-state index contributed by atoms with van der Waals surface area (Å²) in [5.74, 6) is -1.64. The van der Waals surface area contributed by atoms with E-state index in [0.717, 1.165) is 10.0 Å². The fraction of sp³-hybridized carbons (Fsp3) is 0.0588. The monoisotopic (exact) mass is 377 g/mol. The number of ether oxygens (including phenoxy) is 1. The first-order chi connectivity index (χ1) is 11.0. The van der Waals surface area contributed by atoms with Gasteiger partial charge < -0.3 is 10.1 Å². The molecule has 0 aliphatic rings. The lowest BCUT2D eigenvalue weighted by molar-refractivity contribution is -0.142. The van der Waals surface area contributed by atoms with E-state index in [4.69, 9.17) is 4.74 Å². The maximum atomic E-state index is 13.0. The van der Waals surface area contributed by atoms with Crippen LogP contribution in [0.3, 0.4) is 0 Å². The summed E-state index contributed by atoms with van der Waals surface area (Å²) < 4.78 is 18.7. The van der Waals surface area contributed by atoms with Crippen LogP contribution in [-0.4, -0.2) is 18.5 Å². The molecular formula is C17H13BrFNO3. The predicted molar refractivity (Wildman–Crippen MR) is 89.2 cm³/mol. The highest BCUT2D eigenvalue weighted by Gasteiger charge is 2.06. The first-order valence-corrected chi connectivity index (χ1v) is 7.48. The van der Waals surface area contributed by atoms with Gasteiger partial charge in [0.2, 0.25) is 0 Å². The van der Waals surface area contributed by atoms with Gasteiger partial charge in [-0.3, -0.25) is 4.79 Å². The van der Waals surface area contributed by atoms with Crippen LogP contribution in [0.25, 0.3) is 6.08 Å². The van der Waals surface area contributed by atoms with Gasteiger partial charge in [-0.15, -0.1) is 0 Å². The third-order valence-electron chi connectivity index (χ3n) is 2.71. The summed E-state index contributed by atoms with van der Waals surface area (Å²) >= 11 is 3.33. The van der Waals surface area contributed by atoms with Gasteiger partial charge in [-0.25, -0.2) is 9.18 Å². The normalized spacial score (nSPS) is 10.5. The lowest BCUT2D eigenvalue weighted by Crippen LogP contribution is -2.20. The zero-order chi connectivity index (χ0) is 16.7. The van der Waals surface area contributed by atoms with Crippen molar-refractivity contribution >= 4 is 39.6 Å². The van der Waals surface area contributed by atoms with Crippen LogP contribution in [0.2, 0.25) is 0 Å². The van der Waals surface area contributed by atoms with Crippen molar-refractivity contribution in [1.29, 1.82) is 0 Å². The number of anilines is 1. The number of carbonyl (C=O) groups excluding carboxylic acids is 2. The van der Waals surface area contributed by atoms with Crippen LogP contribution in [-0.2, 0) is 14.3 Å². The molecule has 0 aliphatic heterocycles. The van der Waals surface area contributed by atoms with Crippen molar-refractivity contribution in [2.24, 2.45) is 0 Å². The number of rotatable bonds is 5. The van der Waals surface area contributed by atoms with Gasteiger partial charge in [-0.2, -0.15) is 0 Å². The van der Waals surface area contributed by atoms with Crippen molar-refractivity contribution in [2.75, 3.05) is 11.9 Å². The molecule has 0 radical (unpaired) electrons. The van der Waals surface area contributed by atoms with Crippen molar-refractivity contribution in [1.82, 2.24) is 0 Å². The molecule has 6 heteroatoms. The average Bonchev–Trinajstić information content (AvgIpc) is 2.51. The van der Waals surface area contributed by atoms with E-state index in [9.17, 15) is 14.0 Å². The van der Waals surface area contributed by atoms with E-state index in [1.165, 1.54) is 30.3 Å². The maximum Gasteiger partial charge on any atom is 0.331 e. The van der Waals surface area contributed by atoms with Crippen LogP contribution in [0.5, 0.6) is 0 Å². The van der Waals surface area contributed by atoms with Gasteiger partial charge in [-0.1, -0.05) is 34.1 Å². The van der Waals surface area contributed by atoms with Crippen LogP contribution < -0.4 is 5.32 Å². The minimum atomic E-state index is -0.639. The second-order valence-electron chi connectivity index (χ2n) is 4.55. The summed E-state index contributed by atoms with van der Waals surface area (Å²) in [4.78, 5) is 23.2. The summed E-state index contributed by atoms with van der Waals surface area (Å²) in [7, 11) is 0. The van der Waals surface area contributed by atoms with Gasteiger partial charge in [0.05, 0.1) is 0 Å². The molecule has 0 aromatic heterocycles. The van der Waals surface area contributed by atoms with Gasteiger partial charge in [0.15, 0.2) is 6.61 Å². The van der Waals surface area contributed by atoms with E-state index in [1.807, 2.05) is 24.3 Å². The third-order valence-corrected chi connectivity index (χ3v) is 3.21. The Kier molecular flexibility index (Phi) is 6.05. The molecule has 1 amide bonds. The molecule has 2 aromatic rings. The average molecular weight is 378 g/mol. The fourth-order valence-electron chi connectivity index (χ4n) is 1.72. The van der Waals surface area contributed by atoms with Crippen LogP contribution in [0.15, 0.2) is 59.1 Å². The Morgan fingerprint density at radius 1 is 1.17 bits per heavy atom. The largest absolute Gasteiger partial charge is 0.452 e. The minimum absolute atomic E-state index is 0.302. The fourth-order valence-corrected chi connectivity index (χ4v) is 2.14. The quantitative estimate of drug-likeness (QED) is 0.637. The number of esters is 1. The number of carbonyl (C=O) groups is 2. The van der Waals surface area contributed by atoms with Crippen LogP contribution >= 0.6 is 15.9 Å². The van der Waals surface area contributed by atoms with E-state index < -0.39 is 24.3 Å². The lowest BCUT2D eigenvalue weighted by atomic mass is 10.2. The standard InChI is InChI=1S/C17H13BrFNO3/c18-13-4-1-3-12(9-13)7-8-17(22)23-11-16(21)20-15-6-2-5-14(19)10-15/h1-10H,11H2,(H,20,21)/b8-7+. The highest BCUT2D eigenvalue weighted by Crippen LogP contribution is 2.12. The van der Waals surface area contributed by atoms with Crippen molar-refractivity contribution in [3.63, 3.8) is 0 Å². The van der Waals surface area contributed by atoms with Gasteiger partial charge in [0.25, 0.3) is 5.91 Å². The zero-order valence-corrected chi connectivity index (χ0v) is 13.5. The van der Waals surface area contributed by atoms with Gasteiger partial charge in [0.1, 0.15) is 5.82 Å². The van der Waals surface area contributed by atoms with E-state index in [-0.39, 0.29) is 0 Å². The molecular weight excluding hydrogens is 365 g/mol. The van der Waals surface area contributed by atoms with Gasteiger partial charge in [-0.05, 0) is 42.0 Å². The van der Waals surface area contributed by atoms with Crippen LogP contribution in [0.1, 0.15) is 5.56 Å². The second kappa shape index (κ2) is 8.24. The molecule has 0 saturated heterocycles. The molecule has 4 nitrogen and oxygen atoms in total. The molecule has 118 valence electrons. The Bertz CT molecular complexity index is 746. The van der Waals surface area contributed by atoms with Crippen LogP contribution in [0, 0.1) is 5.82 Å². The molecule has 0 bridgehead atoms. The summed E-state index contributed by atoms with van der Waals surface area (Å²) in [5.41, 5.74) is 1.12. The van der Waals surface area contributed by atoms with Crippen molar-refractivity contribution in [3.05, 3.63) is 70.5 Å². The lowest BCUT2D eigenvalue weighted by Gasteiger charge is -2.05. The Morgan fingerprint density at radius 3 is 2.70 bits per heavy atom. The number of nitrogens with one attached hydrogen (secondary N) is 1. The number of benzene rings is 2. The predicted octanol–water partition coefficient (Wildman–Crippen LogP) is 3.78. The first kappa shape index (κ1) is 16.9. The Labute approximate surface area is 141 Å². The van der Waals surface area contributed by atoms with E-state index in [0.29, 0.717) is 5.69 Å². The van der Waals surface area contributed by atoms with Gasteiger partial charge in [0, 0.05) is 16.2 Å². The highest BCUT2D eigenvalue weighted by atomic mass is 79.9. The molecule has 0 unspecified atom stereocenters. The molecule has 0 atom stereocenters. The molecule has 2 aromatic carbocycles. The molecule has 0 saturated carbocycles.